The molecule has 0 bridgehead atoms. The number of para-hydroxylation sites is 2. The lowest BCUT2D eigenvalue weighted by molar-refractivity contribution is 0.777. The minimum atomic E-state index is 0.727. The molecule has 0 spiro atoms. The number of benzene rings is 1. The number of nitrogens with zero attached hydrogens (tertiary/aromatic N) is 4. The summed E-state index contributed by atoms with van der Waals surface area (Å²) in [6, 6.07) is 10.7. The maximum absolute atomic E-state index is 9.83. The molecule has 0 atom stereocenters. The van der Waals surface area contributed by atoms with Crippen molar-refractivity contribution in [3.05, 3.63) is 41.0 Å². The van der Waals surface area contributed by atoms with Gasteiger partial charge in [-0.3, -0.25) is 4.40 Å². The first-order chi connectivity index (χ1) is 12.3. The third kappa shape index (κ3) is 2.46. The summed E-state index contributed by atoms with van der Waals surface area (Å²) in [5.74, 6) is 1.27. The van der Waals surface area contributed by atoms with Crippen LogP contribution in [0.2, 0.25) is 0 Å². The van der Waals surface area contributed by atoms with E-state index in [2.05, 4.69) is 41.4 Å². The van der Waals surface area contributed by atoms with E-state index < -0.39 is 0 Å². The average molecular weight is 332 g/mol. The molecule has 0 saturated carbocycles. The maximum Gasteiger partial charge on any atom is 0.157 e. The second-order valence-corrected chi connectivity index (χ2v) is 6.97. The minimum absolute atomic E-state index is 0.727. The fraction of sp³-hybridized carbons (Fsp3) is 0.429. The van der Waals surface area contributed by atoms with Crippen molar-refractivity contribution in [1.29, 1.82) is 5.26 Å². The SMILES string of the molecule is CCCCc1c(C)c(C#N)c2nc3ccccc3n2c1N1CCCC1. The van der Waals surface area contributed by atoms with E-state index in [-0.39, 0.29) is 0 Å². The number of unbranched alkanes of at least 4 members (excludes halogenated alkanes) is 1. The number of rotatable bonds is 4. The van der Waals surface area contributed by atoms with E-state index in [0.717, 1.165) is 60.2 Å². The van der Waals surface area contributed by atoms with Gasteiger partial charge < -0.3 is 4.90 Å². The van der Waals surface area contributed by atoms with E-state index in [0.29, 0.717) is 0 Å². The van der Waals surface area contributed by atoms with Crippen molar-refractivity contribution >= 4 is 22.5 Å². The molecule has 4 nitrogen and oxygen atoms in total. The Labute approximate surface area is 148 Å². The summed E-state index contributed by atoms with van der Waals surface area (Å²) >= 11 is 0. The Balaban J connectivity index is 2.13. The summed E-state index contributed by atoms with van der Waals surface area (Å²) in [7, 11) is 0. The normalized spacial score (nSPS) is 14.5. The zero-order chi connectivity index (χ0) is 17.4. The van der Waals surface area contributed by atoms with Crippen molar-refractivity contribution in [1.82, 2.24) is 9.38 Å². The Morgan fingerprint density at radius 2 is 1.96 bits per heavy atom. The van der Waals surface area contributed by atoms with E-state index in [9.17, 15) is 5.26 Å². The van der Waals surface area contributed by atoms with Crippen LogP contribution in [-0.4, -0.2) is 22.5 Å². The number of hydrogen-bond donors (Lipinski definition) is 0. The predicted molar refractivity (Wildman–Crippen MR) is 102 cm³/mol. The Morgan fingerprint density at radius 3 is 2.68 bits per heavy atom. The molecule has 25 heavy (non-hydrogen) atoms. The second-order valence-electron chi connectivity index (χ2n) is 6.97. The molecular formula is C21H24N4. The standard InChI is InChI=1S/C21H24N4/c1-3-4-9-16-15(2)17(14-22)20-23-18-10-5-6-11-19(18)25(20)21(16)24-12-7-8-13-24/h5-6,10-11H,3-4,7-9,12-13H2,1-2H3. The van der Waals surface area contributed by atoms with E-state index in [1.807, 2.05) is 12.1 Å². The molecule has 1 fully saturated rings. The van der Waals surface area contributed by atoms with Gasteiger partial charge in [-0.25, -0.2) is 4.98 Å². The van der Waals surface area contributed by atoms with Gasteiger partial charge in [-0.15, -0.1) is 0 Å². The van der Waals surface area contributed by atoms with Crippen molar-refractivity contribution in [2.45, 2.75) is 46.0 Å². The van der Waals surface area contributed by atoms with Gasteiger partial charge in [0.25, 0.3) is 0 Å². The molecule has 0 unspecified atom stereocenters. The fourth-order valence-electron chi connectivity index (χ4n) is 4.08. The van der Waals surface area contributed by atoms with Crippen LogP contribution in [-0.2, 0) is 6.42 Å². The number of anilines is 1. The molecule has 3 aromatic rings. The fourth-order valence-corrected chi connectivity index (χ4v) is 4.08. The molecule has 0 amide bonds. The Hall–Kier alpha value is -2.54. The van der Waals surface area contributed by atoms with Crippen molar-refractivity contribution in [3.8, 4) is 6.07 Å². The van der Waals surface area contributed by atoms with Crippen molar-refractivity contribution in [2.75, 3.05) is 18.0 Å². The van der Waals surface area contributed by atoms with Crippen LogP contribution in [0.4, 0.5) is 5.82 Å². The van der Waals surface area contributed by atoms with Crippen molar-refractivity contribution < 1.29 is 0 Å². The maximum atomic E-state index is 9.83. The van der Waals surface area contributed by atoms with Crippen LogP contribution in [0.15, 0.2) is 24.3 Å². The lowest BCUT2D eigenvalue weighted by Gasteiger charge is -2.25. The molecule has 1 aromatic carbocycles. The number of fused-ring (bicyclic) bond motifs is 3. The number of hydrogen-bond acceptors (Lipinski definition) is 3. The average Bonchev–Trinajstić information content (AvgIpc) is 3.27. The van der Waals surface area contributed by atoms with Crippen molar-refractivity contribution in [3.63, 3.8) is 0 Å². The molecule has 3 heterocycles. The number of nitriles is 1. The molecule has 2 aromatic heterocycles. The van der Waals surface area contributed by atoms with E-state index in [1.165, 1.54) is 24.2 Å². The van der Waals surface area contributed by atoms with Crippen LogP contribution in [0.1, 0.15) is 49.3 Å². The molecule has 0 N–H and O–H groups in total. The molecule has 1 aliphatic rings. The van der Waals surface area contributed by atoms with E-state index in [1.54, 1.807) is 0 Å². The first-order valence-corrected chi connectivity index (χ1v) is 9.34. The van der Waals surface area contributed by atoms with E-state index in [4.69, 9.17) is 4.98 Å². The van der Waals surface area contributed by atoms with Crippen LogP contribution in [0.3, 0.4) is 0 Å². The molecule has 4 heteroatoms. The molecule has 0 aliphatic carbocycles. The van der Waals surface area contributed by atoms with Gasteiger partial charge in [-0.2, -0.15) is 5.26 Å². The monoisotopic (exact) mass is 332 g/mol. The highest BCUT2D eigenvalue weighted by atomic mass is 15.2. The smallest absolute Gasteiger partial charge is 0.157 e. The van der Waals surface area contributed by atoms with Crippen LogP contribution >= 0.6 is 0 Å². The van der Waals surface area contributed by atoms with Gasteiger partial charge >= 0.3 is 0 Å². The molecule has 1 saturated heterocycles. The summed E-state index contributed by atoms with van der Waals surface area (Å²) in [5.41, 5.74) is 6.05. The number of imidazole rings is 1. The second kappa shape index (κ2) is 6.40. The molecule has 4 rings (SSSR count). The first kappa shape index (κ1) is 16.0. The third-order valence-corrected chi connectivity index (χ3v) is 5.39. The van der Waals surface area contributed by atoms with Crippen LogP contribution in [0.5, 0.6) is 0 Å². The highest BCUT2D eigenvalue weighted by Crippen LogP contribution is 2.35. The summed E-state index contributed by atoms with van der Waals surface area (Å²) in [6.45, 7) is 6.50. The number of pyridine rings is 1. The minimum Gasteiger partial charge on any atom is -0.357 e. The highest BCUT2D eigenvalue weighted by Gasteiger charge is 2.25. The van der Waals surface area contributed by atoms with Crippen LogP contribution in [0.25, 0.3) is 16.7 Å². The third-order valence-electron chi connectivity index (χ3n) is 5.39. The zero-order valence-corrected chi connectivity index (χ0v) is 15.0. The zero-order valence-electron chi connectivity index (χ0n) is 15.0. The van der Waals surface area contributed by atoms with Crippen LogP contribution < -0.4 is 4.90 Å². The molecule has 128 valence electrons. The summed E-state index contributed by atoms with van der Waals surface area (Å²) in [5, 5.41) is 9.83. The van der Waals surface area contributed by atoms with Crippen molar-refractivity contribution in [2.24, 2.45) is 0 Å². The first-order valence-electron chi connectivity index (χ1n) is 9.34. The Morgan fingerprint density at radius 1 is 1.20 bits per heavy atom. The summed E-state index contributed by atoms with van der Waals surface area (Å²) < 4.78 is 2.25. The van der Waals surface area contributed by atoms with Gasteiger partial charge in [0.1, 0.15) is 11.9 Å². The Kier molecular flexibility index (Phi) is 4.09. The number of aromatic nitrogens is 2. The van der Waals surface area contributed by atoms with Gasteiger partial charge in [0, 0.05) is 13.1 Å². The molecular weight excluding hydrogens is 308 g/mol. The largest absolute Gasteiger partial charge is 0.357 e. The lowest BCUT2D eigenvalue weighted by Crippen LogP contribution is -2.23. The van der Waals surface area contributed by atoms with Crippen LogP contribution in [0, 0.1) is 18.3 Å². The Bertz CT molecular complexity index is 971. The molecule has 0 radical (unpaired) electrons. The van der Waals surface area contributed by atoms with Gasteiger partial charge in [-0.1, -0.05) is 25.5 Å². The lowest BCUT2D eigenvalue weighted by atomic mass is 9.99. The topological polar surface area (TPSA) is 44.3 Å². The highest BCUT2D eigenvalue weighted by molar-refractivity contribution is 5.86. The predicted octanol–water partition coefficient (Wildman–Crippen LogP) is 4.61. The molecule has 1 aliphatic heterocycles. The summed E-state index contributed by atoms with van der Waals surface area (Å²) in [6.07, 6.45) is 5.79. The van der Waals surface area contributed by atoms with E-state index >= 15 is 0 Å². The van der Waals surface area contributed by atoms with Gasteiger partial charge in [0.2, 0.25) is 0 Å². The van der Waals surface area contributed by atoms with Gasteiger partial charge in [-0.05, 0) is 55.9 Å². The van der Waals surface area contributed by atoms with Gasteiger partial charge in [0.05, 0.1) is 16.6 Å². The van der Waals surface area contributed by atoms with Gasteiger partial charge in [0.15, 0.2) is 5.65 Å². The quantitative estimate of drug-likeness (QED) is 0.701. The summed E-state index contributed by atoms with van der Waals surface area (Å²) in [4.78, 5) is 7.31.